The first kappa shape index (κ1) is 15.8. The quantitative estimate of drug-likeness (QED) is 0.917. The van der Waals surface area contributed by atoms with Crippen LogP contribution in [0.1, 0.15) is 11.1 Å². The third-order valence-corrected chi connectivity index (χ3v) is 5.02. The number of benzene rings is 1. The number of ether oxygens (including phenoxy) is 3. The molecule has 0 saturated carbocycles. The standard InChI is InChI=1S/C20H21NO4/c1-21-10-12-7-18(24-3)19(25-4)8-13(12)15-5-11-6-16(22)17(23-2)9-14(11)20(15)21/h6-10,19,22H,5H2,1-4H3. The van der Waals surface area contributed by atoms with E-state index in [2.05, 4.69) is 17.2 Å². The Morgan fingerprint density at radius 2 is 1.96 bits per heavy atom. The minimum absolute atomic E-state index is 0.172. The van der Waals surface area contributed by atoms with Gasteiger partial charge in [0.1, 0.15) is 11.9 Å². The minimum atomic E-state index is -0.194. The zero-order valence-corrected chi connectivity index (χ0v) is 14.8. The molecule has 0 fully saturated rings. The third kappa shape index (κ3) is 2.27. The van der Waals surface area contributed by atoms with E-state index in [1.54, 1.807) is 27.4 Å². The summed E-state index contributed by atoms with van der Waals surface area (Å²) in [7, 11) is 6.95. The van der Waals surface area contributed by atoms with Crippen LogP contribution in [-0.4, -0.2) is 44.5 Å². The second-order valence-corrected chi connectivity index (χ2v) is 6.37. The van der Waals surface area contributed by atoms with Crippen molar-refractivity contribution in [2.24, 2.45) is 0 Å². The maximum atomic E-state index is 10.1. The van der Waals surface area contributed by atoms with Gasteiger partial charge in [0.15, 0.2) is 11.5 Å². The van der Waals surface area contributed by atoms with Crippen LogP contribution in [-0.2, 0) is 15.9 Å². The van der Waals surface area contributed by atoms with Gasteiger partial charge in [-0.25, -0.2) is 0 Å². The monoisotopic (exact) mass is 339 g/mol. The van der Waals surface area contributed by atoms with Gasteiger partial charge in [-0.3, -0.25) is 0 Å². The van der Waals surface area contributed by atoms with Crippen molar-refractivity contribution in [3.8, 4) is 11.5 Å². The maximum Gasteiger partial charge on any atom is 0.161 e. The average Bonchev–Trinajstić information content (AvgIpc) is 2.98. The summed E-state index contributed by atoms with van der Waals surface area (Å²) >= 11 is 0. The second-order valence-electron chi connectivity index (χ2n) is 6.37. The number of nitrogens with zero attached hydrogens (tertiary/aromatic N) is 1. The molecule has 5 nitrogen and oxygen atoms in total. The Labute approximate surface area is 147 Å². The van der Waals surface area contributed by atoms with Crippen LogP contribution in [0.4, 0.5) is 0 Å². The highest BCUT2D eigenvalue weighted by Crippen LogP contribution is 2.47. The Kier molecular flexibility index (Phi) is 3.62. The first-order chi connectivity index (χ1) is 12.1. The molecule has 1 aromatic carbocycles. The molecule has 130 valence electrons. The number of allylic oxidation sites excluding steroid dienone is 4. The van der Waals surface area contributed by atoms with E-state index in [0.717, 1.165) is 40.2 Å². The molecule has 1 atom stereocenters. The van der Waals surface area contributed by atoms with Crippen molar-refractivity contribution >= 4 is 5.70 Å². The molecule has 0 aromatic heterocycles. The summed E-state index contributed by atoms with van der Waals surface area (Å²) < 4.78 is 16.3. The van der Waals surface area contributed by atoms with Crippen LogP contribution < -0.4 is 4.74 Å². The van der Waals surface area contributed by atoms with Crippen LogP contribution in [0.15, 0.2) is 53.0 Å². The molecule has 5 heteroatoms. The highest BCUT2D eigenvalue weighted by Gasteiger charge is 2.34. The molecular formula is C20H21NO4. The van der Waals surface area contributed by atoms with E-state index in [0.29, 0.717) is 5.75 Å². The van der Waals surface area contributed by atoms with Crippen molar-refractivity contribution in [1.29, 1.82) is 0 Å². The van der Waals surface area contributed by atoms with Crippen LogP contribution in [0.2, 0.25) is 0 Å². The summed E-state index contributed by atoms with van der Waals surface area (Å²) in [6.07, 6.45) is 6.81. The number of hydrogen-bond acceptors (Lipinski definition) is 5. The van der Waals surface area contributed by atoms with Crippen LogP contribution in [0, 0.1) is 0 Å². The van der Waals surface area contributed by atoms with E-state index < -0.39 is 0 Å². The Hall–Kier alpha value is -2.66. The Bertz CT molecular complexity index is 876. The summed E-state index contributed by atoms with van der Waals surface area (Å²) in [4.78, 5) is 2.13. The number of fused-ring (bicyclic) bond motifs is 4. The predicted molar refractivity (Wildman–Crippen MR) is 95.1 cm³/mol. The van der Waals surface area contributed by atoms with Gasteiger partial charge in [0.25, 0.3) is 0 Å². The van der Waals surface area contributed by atoms with Crippen LogP contribution in [0.5, 0.6) is 11.5 Å². The molecule has 0 bridgehead atoms. The molecular weight excluding hydrogens is 318 g/mol. The topological polar surface area (TPSA) is 51.2 Å². The summed E-state index contributed by atoms with van der Waals surface area (Å²) in [5.74, 6) is 1.46. The van der Waals surface area contributed by atoms with E-state index in [-0.39, 0.29) is 11.9 Å². The van der Waals surface area contributed by atoms with Gasteiger partial charge in [0.05, 0.1) is 19.9 Å². The van der Waals surface area contributed by atoms with Gasteiger partial charge >= 0.3 is 0 Å². The number of aromatic hydroxyl groups is 1. The van der Waals surface area contributed by atoms with E-state index in [9.17, 15) is 5.11 Å². The van der Waals surface area contributed by atoms with Gasteiger partial charge in [0, 0.05) is 37.9 Å². The highest BCUT2D eigenvalue weighted by atomic mass is 16.5. The molecule has 2 aliphatic carbocycles. The molecule has 4 rings (SSSR count). The van der Waals surface area contributed by atoms with E-state index in [1.807, 2.05) is 19.2 Å². The lowest BCUT2D eigenvalue weighted by Gasteiger charge is -2.31. The molecule has 1 aromatic rings. The molecule has 0 amide bonds. The first-order valence-electron chi connectivity index (χ1n) is 8.16. The zero-order valence-electron chi connectivity index (χ0n) is 14.8. The Morgan fingerprint density at radius 3 is 2.64 bits per heavy atom. The lowest BCUT2D eigenvalue weighted by molar-refractivity contribution is 0.108. The van der Waals surface area contributed by atoms with Crippen LogP contribution in [0.25, 0.3) is 5.70 Å². The van der Waals surface area contributed by atoms with E-state index in [1.165, 1.54) is 5.57 Å². The van der Waals surface area contributed by atoms with Crippen molar-refractivity contribution in [3.05, 3.63) is 64.1 Å². The first-order valence-corrected chi connectivity index (χ1v) is 8.16. The van der Waals surface area contributed by atoms with Gasteiger partial charge in [-0.15, -0.1) is 0 Å². The molecule has 0 spiro atoms. The summed E-state index contributed by atoms with van der Waals surface area (Å²) in [6, 6.07) is 3.71. The minimum Gasteiger partial charge on any atom is -0.504 e. The Balaban J connectivity index is 1.84. The largest absolute Gasteiger partial charge is 0.504 e. The lowest BCUT2D eigenvalue weighted by atomic mass is 9.88. The SMILES string of the molecule is COC1=CC2=CN(C)C3=C(Cc4cc(O)c(OC)cc43)C2=CC1OC. The smallest absolute Gasteiger partial charge is 0.161 e. The maximum absolute atomic E-state index is 10.1. The Morgan fingerprint density at radius 1 is 1.16 bits per heavy atom. The fraction of sp³-hybridized carbons (Fsp3) is 0.300. The molecule has 0 saturated heterocycles. The molecule has 25 heavy (non-hydrogen) atoms. The number of phenolic OH excluding ortho intramolecular Hbond substituents is 1. The average molecular weight is 339 g/mol. The van der Waals surface area contributed by atoms with Crippen molar-refractivity contribution < 1.29 is 19.3 Å². The van der Waals surface area contributed by atoms with Crippen molar-refractivity contribution in [3.63, 3.8) is 0 Å². The van der Waals surface area contributed by atoms with Crippen LogP contribution >= 0.6 is 0 Å². The number of methoxy groups -OCH3 is 3. The second kappa shape index (κ2) is 5.70. The predicted octanol–water partition coefficient (Wildman–Crippen LogP) is 2.98. The molecule has 1 unspecified atom stereocenters. The molecule has 3 aliphatic rings. The summed E-state index contributed by atoms with van der Waals surface area (Å²) in [5.41, 5.74) is 6.84. The fourth-order valence-electron chi connectivity index (χ4n) is 3.86. The molecule has 1 N–H and O–H groups in total. The fourth-order valence-corrected chi connectivity index (χ4v) is 3.86. The number of hydrogen-bond donors (Lipinski definition) is 1. The normalized spacial score (nSPS) is 21.0. The number of rotatable bonds is 3. The molecule has 1 heterocycles. The lowest BCUT2D eigenvalue weighted by Crippen LogP contribution is -2.23. The van der Waals surface area contributed by atoms with E-state index in [4.69, 9.17) is 14.2 Å². The van der Waals surface area contributed by atoms with Gasteiger partial charge in [-0.2, -0.15) is 0 Å². The van der Waals surface area contributed by atoms with Gasteiger partial charge < -0.3 is 24.2 Å². The third-order valence-electron chi connectivity index (χ3n) is 5.02. The van der Waals surface area contributed by atoms with Crippen molar-refractivity contribution in [1.82, 2.24) is 4.90 Å². The van der Waals surface area contributed by atoms with E-state index >= 15 is 0 Å². The zero-order chi connectivity index (χ0) is 17.7. The van der Waals surface area contributed by atoms with Crippen molar-refractivity contribution in [2.45, 2.75) is 12.5 Å². The van der Waals surface area contributed by atoms with Crippen LogP contribution in [0.3, 0.4) is 0 Å². The molecule has 1 aliphatic heterocycles. The van der Waals surface area contributed by atoms with Gasteiger partial charge in [-0.05, 0) is 41.0 Å². The van der Waals surface area contributed by atoms with Gasteiger partial charge in [-0.1, -0.05) is 0 Å². The number of phenols is 1. The van der Waals surface area contributed by atoms with Crippen molar-refractivity contribution in [2.75, 3.05) is 28.4 Å². The molecule has 0 radical (unpaired) electrons. The summed E-state index contributed by atoms with van der Waals surface area (Å²) in [5, 5.41) is 10.1. The summed E-state index contributed by atoms with van der Waals surface area (Å²) in [6.45, 7) is 0. The highest BCUT2D eigenvalue weighted by molar-refractivity contribution is 5.85. The van der Waals surface area contributed by atoms with Gasteiger partial charge in [0.2, 0.25) is 0 Å².